The van der Waals surface area contributed by atoms with E-state index in [0.29, 0.717) is 28.4 Å². The standard InChI is InChI=1S/C21H21ClN4O2/c1-3-4-21(28)24-15-6-8-20(27)17(12-15)13(2)25-26-18-9-10-23-19-11-14(22)5-7-16(18)19/h5-12,27H,3-4H2,1-2H3,(H,23,26)(H,24,28)/b25-13+. The smallest absolute Gasteiger partial charge is 0.224 e. The summed E-state index contributed by atoms with van der Waals surface area (Å²) in [7, 11) is 0. The van der Waals surface area contributed by atoms with Gasteiger partial charge in [0.05, 0.1) is 16.9 Å². The number of carbonyl (C=O) groups excluding carboxylic acids is 1. The second-order valence-electron chi connectivity index (χ2n) is 6.36. The van der Waals surface area contributed by atoms with E-state index in [1.807, 2.05) is 19.1 Å². The number of aromatic hydroxyl groups is 1. The third-order valence-electron chi connectivity index (χ3n) is 4.20. The SMILES string of the molecule is CCCC(=O)Nc1ccc(O)c(/C(C)=N/Nc2ccnc3cc(Cl)ccc23)c1. The summed E-state index contributed by atoms with van der Waals surface area (Å²) < 4.78 is 0. The summed E-state index contributed by atoms with van der Waals surface area (Å²) in [5, 5.41) is 18.9. The van der Waals surface area contributed by atoms with E-state index in [-0.39, 0.29) is 11.7 Å². The number of hydrazone groups is 1. The Labute approximate surface area is 168 Å². The lowest BCUT2D eigenvalue weighted by molar-refractivity contribution is -0.116. The Bertz CT molecular complexity index is 1050. The number of fused-ring (bicyclic) bond motifs is 1. The van der Waals surface area contributed by atoms with Crippen LogP contribution < -0.4 is 10.7 Å². The molecule has 2 aromatic carbocycles. The minimum atomic E-state index is -0.0613. The van der Waals surface area contributed by atoms with Crippen molar-refractivity contribution >= 4 is 45.5 Å². The highest BCUT2D eigenvalue weighted by Crippen LogP contribution is 2.26. The summed E-state index contributed by atoms with van der Waals surface area (Å²) in [5.41, 5.74) is 6.27. The molecule has 0 atom stereocenters. The maximum Gasteiger partial charge on any atom is 0.224 e. The molecule has 0 aliphatic rings. The lowest BCUT2D eigenvalue weighted by Gasteiger charge is -2.10. The van der Waals surface area contributed by atoms with Gasteiger partial charge in [-0.15, -0.1) is 0 Å². The molecule has 0 unspecified atom stereocenters. The van der Waals surface area contributed by atoms with E-state index in [1.165, 1.54) is 0 Å². The van der Waals surface area contributed by atoms with E-state index in [2.05, 4.69) is 20.8 Å². The molecule has 0 spiro atoms. The van der Waals surface area contributed by atoms with Crippen LogP contribution in [0.4, 0.5) is 11.4 Å². The molecular weight excluding hydrogens is 376 g/mol. The fourth-order valence-corrected chi connectivity index (χ4v) is 2.94. The molecule has 1 heterocycles. The Morgan fingerprint density at radius 3 is 2.82 bits per heavy atom. The van der Waals surface area contributed by atoms with Gasteiger partial charge in [-0.3, -0.25) is 15.2 Å². The second-order valence-corrected chi connectivity index (χ2v) is 6.80. The Hall–Kier alpha value is -3.12. The normalized spacial score (nSPS) is 11.5. The monoisotopic (exact) mass is 396 g/mol. The van der Waals surface area contributed by atoms with Gasteiger partial charge in [-0.05, 0) is 55.8 Å². The first-order valence-corrected chi connectivity index (χ1v) is 9.33. The van der Waals surface area contributed by atoms with Gasteiger partial charge in [0.1, 0.15) is 5.75 Å². The summed E-state index contributed by atoms with van der Waals surface area (Å²) in [6.45, 7) is 3.72. The van der Waals surface area contributed by atoms with Gasteiger partial charge in [0, 0.05) is 34.3 Å². The van der Waals surface area contributed by atoms with Gasteiger partial charge in [0.25, 0.3) is 0 Å². The highest BCUT2D eigenvalue weighted by atomic mass is 35.5. The zero-order valence-corrected chi connectivity index (χ0v) is 16.4. The van der Waals surface area contributed by atoms with Crippen molar-refractivity contribution in [3.63, 3.8) is 0 Å². The van der Waals surface area contributed by atoms with E-state index in [0.717, 1.165) is 23.0 Å². The number of amides is 1. The lowest BCUT2D eigenvalue weighted by atomic mass is 10.1. The maximum absolute atomic E-state index is 11.8. The van der Waals surface area contributed by atoms with E-state index >= 15 is 0 Å². The molecule has 28 heavy (non-hydrogen) atoms. The van der Waals surface area contributed by atoms with Crippen LogP contribution in [0.5, 0.6) is 5.75 Å². The van der Waals surface area contributed by atoms with Gasteiger partial charge >= 0.3 is 0 Å². The number of rotatable bonds is 6. The van der Waals surface area contributed by atoms with Crippen molar-refractivity contribution in [2.75, 3.05) is 10.7 Å². The number of pyridine rings is 1. The first-order chi connectivity index (χ1) is 13.5. The number of anilines is 2. The summed E-state index contributed by atoms with van der Waals surface area (Å²) in [6, 6.07) is 12.2. The fourth-order valence-electron chi connectivity index (χ4n) is 2.78. The van der Waals surface area contributed by atoms with Gasteiger partial charge in [-0.1, -0.05) is 18.5 Å². The second kappa shape index (κ2) is 8.71. The molecule has 0 bridgehead atoms. The number of hydrogen-bond donors (Lipinski definition) is 3. The van der Waals surface area contributed by atoms with Crippen LogP contribution >= 0.6 is 11.6 Å². The van der Waals surface area contributed by atoms with Crippen molar-refractivity contribution in [3.05, 3.63) is 59.2 Å². The highest BCUT2D eigenvalue weighted by molar-refractivity contribution is 6.31. The number of carbonyl (C=O) groups is 1. The molecule has 0 radical (unpaired) electrons. The van der Waals surface area contributed by atoms with Crippen molar-refractivity contribution in [3.8, 4) is 5.75 Å². The molecular formula is C21H21ClN4O2. The number of nitrogens with one attached hydrogen (secondary N) is 2. The van der Waals surface area contributed by atoms with Crippen molar-refractivity contribution in [1.82, 2.24) is 4.98 Å². The molecule has 3 rings (SSSR count). The summed E-state index contributed by atoms with van der Waals surface area (Å²) in [6.07, 6.45) is 2.89. The van der Waals surface area contributed by atoms with Gasteiger partial charge in [-0.25, -0.2) is 0 Å². The van der Waals surface area contributed by atoms with Crippen LogP contribution in [0.15, 0.2) is 53.8 Å². The van der Waals surface area contributed by atoms with Crippen molar-refractivity contribution in [1.29, 1.82) is 0 Å². The van der Waals surface area contributed by atoms with Gasteiger partial charge < -0.3 is 10.4 Å². The molecule has 144 valence electrons. The fraction of sp³-hybridized carbons (Fsp3) is 0.190. The number of phenols is 1. The summed E-state index contributed by atoms with van der Waals surface area (Å²) >= 11 is 6.02. The quantitative estimate of drug-likeness (QED) is 0.305. The van der Waals surface area contributed by atoms with E-state index in [9.17, 15) is 9.90 Å². The number of benzene rings is 2. The van der Waals surface area contributed by atoms with E-state index < -0.39 is 0 Å². The topological polar surface area (TPSA) is 86.6 Å². The number of hydrogen-bond acceptors (Lipinski definition) is 5. The summed E-state index contributed by atoms with van der Waals surface area (Å²) in [4.78, 5) is 16.1. The minimum absolute atomic E-state index is 0.0613. The van der Waals surface area contributed by atoms with Crippen LogP contribution in [0, 0.1) is 0 Å². The van der Waals surface area contributed by atoms with Gasteiger partial charge in [0.2, 0.25) is 5.91 Å². The molecule has 0 saturated heterocycles. The van der Waals surface area contributed by atoms with Crippen molar-refractivity contribution < 1.29 is 9.90 Å². The zero-order valence-electron chi connectivity index (χ0n) is 15.7. The van der Waals surface area contributed by atoms with Crippen LogP contribution in [0.25, 0.3) is 10.9 Å². The van der Waals surface area contributed by atoms with E-state index in [1.54, 1.807) is 43.5 Å². The first-order valence-electron chi connectivity index (χ1n) is 8.95. The summed E-state index contributed by atoms with van der Waals surface area (Å²) in [5.74, 6) is 0.0247. The molecule has 0 fully saturated rings. The van der Waals surface area contributed by atoms with Crippen LogP contribution in [-0.4, -0.2) is 21.7 Å². The number of phenolic OH excluding ortho intramolecular Hbond substituents is 1. The van der Waals surface area contributed by atoms with Gasteiger partial charge in [0.15, 0.2) is 0 Å². The van der Waals surface area contributed by atoms with E-state index in [4.69, 9.17) is 11.6 Å². The molecule has 1 amide bonds. The van der Waals surface area contributed by atoms with Gasteiger partial charge in [-0.2, -0.15) is 5.10 Å². The van der Waals surface area contributed by atoms with Crippen LogP contribution in [0.1, 0.15) is 32.3 Å². The Morgan fingerprint density at radius 2 is 2.04 bits per heavy atom. The maximum atomic E-state index is 11.8. The average molecular weight is 397 g/mol. The van der Waals surface area contributed by atoms with Crippen LogP contribution in [-0.2, 0) is 4.79 Å². The molecule has 3 N–H and O–H groups in total. The minimum Gasteiger partial charge on any atom is -0.507 e. The number of halogens is 1. The largest absolute Gasteiger partial charge is 0.507 e. The highest BCUT2D eigenvalue weighted by Gasteiger charge is 2.09. The number of aromatic nitrogens is 1. The molecule has 0 saturated carbocycles. The molecule has 6 nitrogen and oxygen atoms in total. The molecule has 0 aliphatic carbocycles. The van der Waals surface area contributed by atoms with Crippen LogP contribution in [0.3, 0.4) is 0 Å². The third kappa shape index (κ3) is 4.58. The van der Waals surface area contributed by atoms with Crippen molar-refractivity contribution in [2.24, 2.45) is 5.10 Å². The third-order valence-corrected chi connectivity index (χ3v) is 4.43. The lowest BCUT2D eigenvalue weighted by Crippen LogP contribution is -2.11. The van der Waals surface area contributed by atoms with Crippen molar-refractivity contribution in [2.45, 2.75) is 26.7 Å². The molecule has 0 aliphatic heterocycles. The predicted octanol–water partition coefficient (Wildman–Crippen LogP) is 5.17. The molecule has 1 aromatic heterocycles. The first kappa shape index (κ1) is 19.6. The average Bonchev–Trinajstić information content (AvgIpc) is 2.67. The zero-order chi connectivity index (χ0) is 20.1. The Morgan fingerprint density at radius 1 is 1.21 bits per heavy atom. The van der Waals surface area contributed by atoms with Crippen LogP contribution in [0.2, 0.25) is 5.02 Å². The molecule has 3 aromatic rings. The Balaban J connectivity index is 1.85. The predicted molar refractivity (Wildman–Crippen MR) is 114 cm³/mol. The molecule has 7 heteroatoms. The number of nitrogens with zero attached hydrogens (tertiary/aromatic N) is 2. The Kier molecular flexibility index (Phi) is 6.11.